The highest BCUT2D eigenvalue weighted by atomic mass is 16.2. The molecule has 100 valence electrons. The summed E-state index contributed by atoms with van der Waals surface area (Å²) in [7, 11) is 0. The molecule has 1 saturated heterocycles. The fraction of sp³-hybridized carbons (Fsp3) is 0.714. The molecule has 1 aromatic rings. The molecule has 0 aromatic carbocycles. The highest BCUT2D eigenvalue weighted by Gasteiger charge is 2.27. The number of hydrogen-bond acceptors (Lipinski definition) is 2. The van der Waals surface area contributed by atoms with Crippen LogP contribution >= 0.6 is 0 Å². The summed E-state index contributed by atoms with van der Waals surface area (Å²) in [6, 6.07) is 0. The van der Waals surface area contributed by atoms with Crippen LogP contribution < -0.4 is 0 Å². The highest BCUT2D eigenvalue weighted by molar-refractivity contribution is 5.78. The minimum atomic E-state index is 0.213. The maximum atomic E-state index is 12.3. The third-order valence-electron chi connectivity index (χ3n) is 4.05. The third kappa shape index (κ3) is 2.74. The quantitative estimate of drug-likeness (QED) is 0.891. The number of carbonyl (C=O) groups is 1. The van der Waals surface area contributed by atoms with Crippen molar-refractivity contribution < 1.29 is 4.79 Å². The molecule has 1 fully saturated rings. The first-order valence-corrected chi connectivity index (χ1v) is 7.04. The number of aromatic nitrogens is 2. The first kappa shape index (κ1) is 13.1. The monoisotopic (exact) mass is 249 g/mol. The lowest BCUT2D eigenvalue weighted by atomic mass is 9.94. The molecule has 0 unspecified atom stereocenters. The summed E-state index contributed by atoms with van der Waals surface area (Å²) in [5, 5.41) is 0. The van der Waals surface area contributed by atoms with Gasteiger partial charge in [-0.1, -0.05) is 13.8 Å². The van der Waals surface area contributed by atoms with Gasteiger partial charge in [0.05, 0.1) is 0 Å². The summed E-state index contributed by atoms with van der Waals surface area (Å²) in [4.78, 5) is 21.8. The second-order valence-electron chi connectivity index (χ2n) is 5.09. The molecule has 0 radical (unpaired) electrons. The summed E-state index contributed by atoms with van der Waals surface area (Å²) in [5.41, 5.74) is 0. The number of amides is 1. The number of rotatable bonds is 4. The lowest BCUT2D eigenvalue weighted by Gasteiger charge is -2.33. The number of likely N-dealkylation sites (tertiary alicyclic amines) is 1. The van der Waals surface area contributed by atoms with Crippen LogP contribution in [-0.2, 0) is 4.79 Å². The van der Waals surface area contributed by atoms with Crippen LogP contribution in [-0.4, -0.2) is 33.9 Å². The van der Waals surface area contributed by atoms with Crippen molar-refractivity contribution in [3.8, 4) is 0 Å². The number of imidazole rings is 1. The Morgan fingerprint density at radius 1 is 1.44 bits per heavy atom. The molecule has 4 heteroatoms. The molecule has 2 heterocycles. The van der Waals surface area contributed by atoms with Crippen molar-refractivity contribution in [2.24, 2.45) is 5.92 Å². The van der Waals surface area contributed by atoms with E-state index in [1.54, 1.807) is 6.20 Å². The van der Waals surface area contributed by atoms with Crippen LogP contribution in [0.4, 0.5) is 0 Å². The van der Waals surface area contributed by atoms with Crippen molar-refractivity contribution in [1.29, 1.82) is 0 Å². The zero-order valence-corrected chi connectivity index (χ0v) is 11.4. The maximum Gasteiger partial charge on any atom is 0.225 e. The second-order valence-corrected chi connectivity index (χ2v) is 5.09. The Labute approximate surface area is 109 Å². The largest absolute Gasteiger partial charge is 0.348 e. The van der Waals surface area contributed by atoms with Crippen LogP contribution in [0.5, 0.6) is 0 Å². The molecule has 2 rings (SSSR count). The summed E-state index contributed by atoms with van der Waals surface area (Å²) >= 11 is 0. The van der Waals surface area contributed by atoms with Crippen LogP contribution in [0.2, 0.25) is 0 Å². The van der Waals surface area contributed by atoms with Gasteiger partial charge >= 0.3 is 0 Å². The Kier molecular flexibility index (Phi) is 4.39. The zero-order valence-electron chi connectivity index (χ0n) is 11.4. The van der Waals surface area contributed by atoms with Gasteiger partial charge in [0.2, 0.25) is 5.91 Å². The molecule has 1 N–H and O–H groups in total. The van der Waals surface area contributed by atoms with E-state index in [0.29, 0.717) is 11.8 Å². The van der Waals surface area contributed by atoms with Crippen molar-refractivity contribution in [3.05, 3.63) is 18.2 Å². The van der Waals surface area contributed by atoms with Gasteiger partial charge in [-0.05, 0) is 25.7 Å². The first-order chi connectivity index (χ1) is 8.76. The molecule has 18 heavy (non-hydrogen) atoms. The van der Waals surface area contributed by atoms with Gasteiger partial charge < -0.3 is 9.88 Å². The van der Waals surface area contributed by atoms with Crippen molar-refractivity contribution in [2.45, 2.75) is 45.4 Å². The lowest BCUT2D eigenvalue weighted by molar-refractivity contribution is -0.136. The number of H-pyrrole nitrogens is 1. The lowest BCUT2D eigenvalue weighted by Crippen LogP contribution is -2.41. The molecule has 0 spiro atoms. The maximum absolute atomic E-state index is 12.3. The molecule has 4 nitrogen and oxygen atoms in total. The summed E-state index contributed by atoms with van der Waals surface area (Å²) in [6.07, 6.45) is 7.63. The van der Waals surface area contributed by atoms with Gasteiger partial charge in [-0.25, -0.2) is 4.98 Å². The fourth-order valence-electron chi connectivity index (χ4n) is 2.77. The molecule has 0 aliphatic carbocycles. The second kappa shape index (κ2) is 6.03. The number of piperidine rings is 1. The van der Waals surface area contributed by atoms with Gasteiger partial charge in [0.25, 0.3) is 0 Å². The molecular formula is C14H23N3O. The van der Waals surface area contributed by atoms with Crippen molar-refractivity contribution in [2.75, 3.05) is 13.1 Å². The van der Waals surface area contributed by atoms with E-state index in [0.717, 1.165) is 44.6 Å². The standard InChI is InChI=1S/C14H23N3O/c1-3-11(4-2)14(18)17-9-5-12(6-10-17)13-15-7-8-16-13/h7-8,11-12H,3-6,9-10H2,1-2H3,(H,15,16). The predicted molar refractivity (Wildman–Crippen MR) is 71.2 cm³/mol. The van der Waals surface area contributed by atoms with Crippen LogP contribution in [0, 0.1) is 5.92 Å². The van der Waals surface area contributed by atoms with Crippen LogP contribution in [0.15, 0.2) is 12.4 Å². The predicted octanol–water partition coefficient (Wildman–Crippen LogP) is 2.55. The smallest absolute Gasteiger partial charge is 0.225 e. The minimum Gasteiger partial charge on any atom is -0.348 e. The molecule has 1 amide bonds. The van der Waals surface area contributed by atoms with Crippen LogP contribution in [0.25, 0.3) is 0 Å². The van der Waals surface area contributed by atoms with E-state index in [2.05, 4.69) is 23.8 Å². The average molecular weight is 249 g/mol. The molecule has 1 aromatic heterocycles. The van der Waals surface area contributed by atoms with Gasteiger partial charge in [0.15, 0.2) is 0 Å². The molecule has 0 atom stereocenters. The third-order valence-corrected chi connectivity index (χ3v) is 4.05. The van der Waals surface area contributed by atoms with E-state index in [-0.39, 0.29) is 5.92 Å². The normalized spacial score (nSPS) is 17.4. The van der Waals surface area contributed by atoms with E-state index in [1.165, 1.54) is 0 Å². The SMILES string of the molecule is CCC(CC)C(=O)N1CCC(c2ncc[nH]2)CC1. The molecular weight excluding hydrogens is 226 g/mol. The van der Waals surface area contributed by atoms with Gasteiger partial charge in [0, 0.05) is 37.3 Å². The topological polar surface area (TPSA) is 49.0 Å². The van der Waals surface area contributed by atoms with Gasteiger partial charge in [-0.3, -0.25) is 4.79 Å². The molecule has 0 bridgehead atoms. The van der Waals surface area contributed by atoms with E-state index >= 15 is 0 Å². The Morgan fingerprint density at radius 3 is 2.61 bits per heavy atom. The number of nitrogens with zero attached hydrogens (tertiary/aromatic N) is 2. The van der Waals surface area contributed by atoms with Gasteiger partial charge in [0.1, 0.15) is 5.82 Å². The van der Waals surface area contributed by atoms with E-state index < -0.39 is 0 Å². The Hall–Kier alpha value is -1.32. The van der Waals surface area contributed by atoms with Crippen molar-refractivity contribution in [3.63, 3.8) is 0 Å². The number of carbonyl (C=O) groups excluding carboxylic acids is 1. The van der Waals surface area contributed by atoms with Crippen molar-refractivity contribution >= 4 is 5.91 Å². The molecule has 0 saturated carbocycles. The molecule has 1 aliphatic rings. The highest BCUT2D eigenvalue weighted by Crippen LogP contribution is 2.26. The fourth-order valence-corrected chi connectivity index (χ4v) is 2.77. The Morgan fingerprint density at radius 2 is 2.11 bits per heavy atom. The van der Waals surface area contributed by atoms with Gasteiger partial charge in [-0.15, -0.1) is 0 Å². The first-order valence-electron chi connectivity index (χ1n) is 7.04. The summed E-state index contributed by atoms with van der Waals surface area (Å²) < 4.78 is 0. The number of hydrogen-bond donors (Lipinski definition) is 1. The van der Waals surface area contributed by atoms with E-state index in [1.807, 2.05) is 11.1 Å². The van der Waals surface area contributed by atoms with E-state index in [4.69, 9.17) is 0 Å². The molecule has 1 aliphatic heterocycles. The Bertz CT molecular complexity index is 362. The summed E-state index contributed by atoms with van der Waals surface area (Å²) in [5.74, 6) is 2.12. The summed E-state index contributed by atoms with van der Waals surface area (Å²) in [6.45, 7) is 5.95. The van der Waals surface area contributed by atoms with Crippen LogP contribution in [0.3, 0.4) is 0 Å². The van der Waals surface area contributed by atoms with Crippen LogP contribution in [0.1, 0.15) is 51.3 Å². The van der Waals surface area contributed by atoms with E-state index in [9.17, 15) is 4.79 Å². The average Bonchev–Trinajstić information content (AvgIpc) is 2.94. The van der Waals surface area contributed by atoms with Crippen molar-refractivity contribution in [1.82, 2.24) is 14.9 Å². The minimum absolute atomic E-state index is 0.213. The van der Waals surface area contributed by atoms with Gasteiger partial charge in [-0.2, -0.15) is 0 Å². The number of nitrogens with one attached hydrogen (secondary N) is 1. The zero-order chi connectivity index (χ0) is 13.0. The Balaban J connectivity index is 1.88. The number of aromatic amines is 1.